The van der Waals surface area contributed by atoms with E-state index in [1.165, 1.54) is 0 Å². The average Bonchev–Trinajstić information content (AvgIpc) is 3.64. The second-order valence-electron chi connectivity index (χ2n) is 8.93. The third-order valence-electron chi connectivity index (χ3n) is 5.87. The van der Waals surface area contributed by atoms with E-state index < -0.39 is 6.03 Å². The molecule has 2 aliphatic heterocycles. The molecule has 204 valence electrons. The molecule has 0 atom stereocenters. The summed E-state index contributed by atoms with van der Waals surface area (Å²) in [6.45, 7) is 3.22. The lowest BCUT2D eigenvalue weighted by Crippen LogP contribution is -2.22. The number of carbonyl (C=O) groups excluding carboxylic acids is 1. The van der Waals surface area contributed by atoms with Crippen molar-refractivity contribution in [3.05, 3.63) is 77.9 Å². The van der Waals surface area contributed by atoms with Crippen LogP contribution in [-0.2, 0) is 0 Å². The number of aliphatic imine (C=N–C) groups is 3. The number of benzene rings is 3. The van der Waals surface area contributed by atoms with Crippen LogP contribution in [0.25, 0.3) is 0 Å². The number of hydrogen-bond acceptors (Lipinski definition) is 7. The number of carbonyl (C=O) groups is 1. The van der Waals surface area contributed by atoms with Crippen molar-refractivity contribution in [1.29, 1.82) is 0 Å². The first kappa shape index (κ1) is 26.4. The molecule has 0 aromatic heterocycles. The molecule has 0 radical (unpaired) electrons. The van der Waals surface area contributed by atoms with E-state index in [0.717, 1.165) is 54.7 Å². The van der Waals surface area contributed by atoms with E-state index in [1.807, 2.05) is 48.5 Å². The van der Waals surface area contributed by atoms with Gasteiger partial charge in [0.05, 0.1) is 18.8 Å². The summed E-state index contributed by atoms with van der Waals surface area (Å²) in [7, 11) is 0. The van der Waals surface area contributed by atoms with E-state index >= 15 is 0 Å². The summed E-state index contributed by atoms with van der Waals surface area (Å²) in [5.41, 5.74) is 16.1. The molecule has 0 fully saturated rings. The van der Waals surface area contributed by atoms with E-state index in [1.54, 1.807) is 18.2 Å². The fourth-order valence-electron chi connectivity index (χ4n) is 4.16. The maximum absolute atomic E-state index is 12.7. The molecule has 3 aromatic rings. The van der Waals surface area contributed by atoms with E-state index in [-0.39, 0.29) is 5.96 Å². The van der Waals surface area contributed by atoms with Gasteiger partial charge in [-0.1, -0.05) is 0 Å². The van der Waals surface area contributed by atoms with Gasteiger partial charge in [-0.15, -0.1) is 0 Å². The molecule has 5 rings (SSSR count). The van der Waals surface area contributed by atoms with Crippen molar-refractivity contribution in [2.24, 2.45) is 26.4 Å². The molecule has 0 saturated carbocycles. The quantitative estimate of drug-likeness (QED) is 0.125. The summed E-state index contributed by atoms with van der Waals surface area (Å²) in [5, 5.41) is 18.7. The van der Waals surface area contributed by atoms with Crippen molar-refractivity contribution >= 4 is 69.4 Å². The molecule has 0 bridgehead atoms. The first-order chi connectivity index (χ1) is 19.4. The van der Waals surface area contributed by atoms with Crippen LogP contribution in [0.4, 0.5) is 33.2 Å². The molecule has 40 heavy (non-hydrogen) atoms. The van der Waals surface area contributed by atoms with E-state index in [4.69, 9.17) is 23.7 Å². The van der Waals surface area contributed by atoms with Crippen LogP contribution in [0.5, 0.6) is 0 Å². The summed E-state index contributed by atoms with van der Waals surface area (Å²) in [6, 6.07) is 19.8. The van der Waals surface area contributed by atoms with Crippen molar-refractivity contribution in [2.45, 2.75) is 0 Å². The lowest BCUT2D eigenvalue weighted by atomic mass is 10.2. The van der Waals surface area contributed by atoms with Gasteiger partial charge in [0.25, 0.3) is 0 Å². The molecule has 0 aliphatic carbocycles. The minimum Gasteiger partial charge on any atom is -0.370 e. The summed E-state index contributed by atoms with van der Waals surface area (Å²) >= 11 is 5.50. The molecule has 2 heterocycles. The number of guanidine groups is 1. The zero-order valence-corrected chi connectivity index (χ0v) is 22.3. The van der Waals surface area contributed by atoms with Crippen LogP contribution in [0.2, 0.25) is 0 Å². The van der Waals surface area contributed by atoms with Crippen LogP contribution in [0.3, 0.4) is 0 Å². The Morgan fingerprint density at radius 3 is 1.70 bits per heavy atom. The normalized spacial score (nSPS) is 13.7. The highest BCUT2D eigenvalue weighted by molar-refractivity contribution is 7.80. The van der Waals surface area contributed by atoms with Crippen LogP contribution in [0.1, 0.15) is 11.1 Å². The number of rotatable bonds is 7. The van der Waals surface area contributed by atoms with Crippen molar-refractivity contribution in [3.63, 3.8) is 0 Å². The lowest BCUT2D eigenvalue weighted by Gasteiger charge is -2.14. The Balaban J connectivity index is 1.23. The van der Waals surface area contributed by atoms with Crippen molar-refractivity contribution in [2.75, 3.05) is 47.4 Å². The van der Waals surface area contributed by atoms with Crippen LogP contribution in [0.15, 0.2) is 81.7 Å². The zero-order valence-electron chi connectivity index (χ0n) is 21.5. The van der Waals surface area contributed by atoms with Crippen LogP contribution in [-0.4, -0.2) is 55.0 Å². The number of anilines is 4. The van der Waals surface area contributed by atoms with Gasteiger partial charge in [0, 0.05) is 47.0 Å². The Morgan fingerprint density at radius 2 is 1.20 bits per heavy atom. The predicted molar refractivity (Wildman–Crippen MR) is 166 cm³/mol. The molecule has 13 heteroatoms. The first-order valence-electron chi connectivity index (χ1n) is 12.6. The number of hydrogen-bond donors (Lipinski definition) is 8. The maximum Gasteiger partial charge on any atom is 0.323 e. The number of nitrogens with zero attached hydrogens (tertiary/aromatic N) is 3. The molecule has 12 nitrogen and oxygen atoms in total. The van der Waals surface area contributed by atoms with Gasteiger partial charge in [-0.05, 0) is 78.9 Å². The fraction of sp³-hybridized carbons (Fsp3) is 0.148. The SMILES string of the molecule is NC(N)=Nc1cc(NC(=O)Nc2ccc(C3=NCCN3)cc2)cc(NC(=S)Nc2ccc(C3=NCCN3)cc2)c1. The molecule has 0 unspecified atom stereocenters. The minimum absolute atomic E-state index is 0.115. The van der Waals surface area contributed by atoms with Gasteiger partial charge >= 0.3 is 6.03 Å². The molecule has 10 N–H and O–H groups in total. The Kier molecular flexibility index (Phi) is 8.02. The second kappa shape index (κ2) is 12.1. The Bertz CT molecular complexity index is 1390. The van der Waals surface area contributed by atoms with Crippen LogP contribution >= 0.6 is 12.2 Å². The first-order valence-corrected chi connectivity index (χ1v) is 13.0. The highest BCUT2D eigenvalue weighted by Crippen LogP contribution is 2.26. The molecule has 3 aromatic carbocycles. The van der Waals surface area contributed by atoms with E-state index in [9.17, 15) is 4.79 Å². The number of amidine groups is 2. The highest BCUT2D eigenvalue weighted by atomic mass is 32.1. The van der Waals surface area contributed by atoms with Gasteiger partial charge < -0.3 is 43.4 Å². The Morgan fingerprint density at radius 1 is 0.725 bits per heavy atom. The summed E-state index contributed by atoms with van der Waals surface area (Å²) < 4.78 is 0. The predicted octanol–water partition coefficient (Wildman–Crippen LogP) is 2.74. The highest BCUT2D eigenvalue weighted by Gasteiger charge is 2.11. The molecule has 0 spiro atoms. The Hall–Kier alpha value is -5.17. The van der Waals surface area contributed by atoms with E-state index in [0.29, 0.717) is 27.9 Å². The smallest absolute Gasteiger partial charge is 0.323 e. The van der Waals surface area contributed by atoms with E-state index in [2.05, 4.69) is 46.9 Å². The summed E-state index contributed by atoms with van der Waals surface area (Å²) in [4.78, 5) is 25.7. The van der Waals surface area contributed by atoms with Gasteiger partial charge in [0.2, 0.25) is 0 Å². The number of urea groups is 1. The number of nitrogens with two attached hydrogens (primary N) is 2. The number of nitrogens with one attached hydrogen (secondary N) is 6. The largest absolute Gasteiger partial charge is 0.370 e. The zero-order chi connectivity index (χ0) is 27.9. The van der Waals surface area contributed by atoms with Crippen molar-refractivity contribution < 1.29 is 4.79 Å². The standard InChI is InChI=1S/C27H29N11OS/c28-25(29)34-20-13-21(36-26(39)35-18-5-1-16(2-6-18)23-30-9-10-31-23)15-22(14-20)38-27(40)37-19-7-3-17(4-8-19)24-32-11-12-33-24/h1-8,13-15H,9-12H2,(H,30,31)(H,32,33)(H4,28,29,34)(H2,35,36,39)(H2,37,38,40). The summed E-state index contributed by atoms with van der Waals surface area (Å²) in [6.07, 6.45) is 0. The van der Waals surface area contributed by atoms with Crippen LogP contribution in [0, 0.1) is 0 Å². The monoisotopic (exact) mass is 555 g/mol. The number of thiocarbonyl (C=S) groups is 1. The van der Waals surface area contributed by atoms with Crippen molar-refractivity contribution in [1.82, 2.24) is 10.6 Å². The summed E-state index contributed by atoms with van der Waals surface area (Å²) in [5.74, 6) is 1.63. The molecular formula is C27H29N11OS. The average molecular weight is 556 g/mol. The number of amides is 2. The van der Waals surface area contributed by atoms with Gasteiger partial charge in [-0.25, -0.2) is 9.79 Å². The lowest BCUT2D eigenvalue weighted by molar-refractivity contribution is 0.262. The van der Waals surface area contributed by atoms with Gasteiger partial charge in [-0.3, -0.25) is 9.98 Å². The topological polar surface area (TPSA) is 178 Å². The molecule has 0 saturated heterocycles. The third kappa shape index (κ3) is 7.02. The molecule has 2 amide bonds. The minimum atomic E-state index is -0.431. The van der Waals surface area contributed by atoms with Gasteiger partial charge in [-0.2, -0.15) is 0 Å². The molecule has 2 aliphatic rings. The van der Waals surface area contributed by atoms with Gasteiger partial charge in [0.15, 0.2) is 11.1 Å². The molecular weight excluding hydrogens is 526 g/mol. The second-order valence-corrected chi connectivity index (χ2v) is 9.34. The van der Waals surface area contributed by atoms with Crippen molar-refractivity contribution in [3.8, 4) is 0 Å². The fourth-order valence-corrected chi connectivity index (χ4v) is 4.40. The van der Waals surface area contributed by atoms with Gasteiger partial charge in [0.1, 0.15) is 11.7 Å². The van der Waals surface area contributed by atoms with Crippen LogP contribution < -0.4 is 43.4 Å². The Labute approximate surface area is 236 Å². The maximum atomic E-state index is 12.7. The third-order valence-corrected chi connectivity index (χ3v) is 6.08.